The highest BCUT2D eigenvalue weighted by Gasteiger charge is 2.33. The first kappa shape index (κ1) is 26.8. The summed E-state index contributed by atoms with van der Waals surface area (Å²) in [5, 5.41) is 33.4. The number of carboxylic acid groups (broad SMARTS) is 3. The molecule has 13 nitrogen and oxygen atoms in total. The number of carboxylic acids is 3. The van der Waals surface area contributed by atoms with Gasteiger partial charge in [0.25, 0.3) is 0 Å². The smallest absolute Gasteiger partial charge is 0.326 e. The lowest BCUT2D eigenvalue weighted by Gasteiger charge is -2.27. The highest BCUT2D eigenvalue weighted by atomic mass is 16.4. The van der Waals surface area contributed by atoms with Gasteiger partial charge in [-0.05, 0) is 12.8 Å². The molecule has 8 N–H and O–H groups in total. The van der Waals surface area contributed by atoms with Gasteiger partial charge in [-0.2, -0.15) is 0 Å². The van der Waals surface area contributed by atoms with Crippen molar-refractivity contribution in [3.8, 4) is 0 Å². The molecular weight excluding hydrogens is 404 g/mol. The third-order valence-electron chi connectivity index (χ3n) is 4.21. The number of hydrogen-bond acceptors (Lipinski definition) is 7. The number of nitrogens with one attached hydrogen (secondary N) is 3. The van der Waals surface area contributed by atoms with Gasteiger partial charge in [0, 0.05) is 0 Å². The van der Waals surface area contributed by atoms with Gasteiger partial charge in [-0.15, -0.1) is 0 Å². The summed E-state index contributed by atoms with van der Waals surface area (Å²) in [7, 11) is 0. The molecule has 0 aromatic rings. The Hall–Kier alpha value is -3.22. The lowest BCUT2D eigenvalue weighted by atomic mass is 9.97. The normalized spacial score (nSPS) is 15.6. The Labute approximate surface area is 172 Å². The minimum atomic E-state index is -1.73. The molecular formula is C17H28N4O9. The Morgan fingerprint density at radius 2 is 1.23 bits per heavy atom. The van der Waals surface area contributed by atoms with E-state index in [1.807, 2.05) is 5.32 Å². The van der Waals surface area contributed by atoms with Crippen LogP contribution in [0.4, 0.5) is 0 Å². The van der Waals surface area contributed by atoms with E-state index >= 15 is 0 Å². The Kier molecular flexibility index (Phi) is 11.0. The molecule has 0 aliphatic heterocycles. The minimum absolute atomic E-state index is 0.366. The minimum Gasteiger partial charge on any atom is -0.481 e. The predicted octanol–water partition coefficient (Wildman–Crippen LogP) is -2.13. The van der Waals surface area contributed by atoms with Crippen LogP contribution in [0.15, 0.2) is 0 Å². The van der Waals surface area contributed by atoms with Crippen LogP contribution in [0.3, 0.4) is 0 Å². The van der Waals surface area contributed by atoms with Crippen LogP contribution in [-0.2, 0) is 28.8 Å². The van der Waals surface area contributed by atoms with Gasteiger partial charge in [0.2, 0.25) is 17.7 Å². The van der Waals surface area contributed by atoms with Crippen molar-refractivity contribution in [3.63, 3.8) is 0 Å². The van der Waals surface area contributed by atoms with Crippen molar-refractivity contribution in [1.82, 2.24) is 16.0 Å². The van der Waals surface area contributed by atoms with Gasteiger partial charge in [-0.25, -0.2) is 4.79 Å². The average molecular weight is 432 g/mol. The summed E-state index contributed by atoms with van der Waals surface area (Å²) >= 11 is 0. The summed E-state index contributed by atoms with van der Waals surface area (Å²) in [5.74, 6) is -7.68. The van der Waals surface area contributed by atoms with E-state index in [0.717, 1.165) is 0 Å². The zero-order valence-electron chi connectivity index (χ0n) is 16.9. The Morgan fingerprint density at radius 1 is 0.767 bits per heavy atom. The van der Waals surface area contributed by atoms with Crippen molar-refractivity contribution in [3.05, 3.63) is 0 Å². The molecule has 13 heteroatoms. The van der Waals surface area contributed by atoms with Crippen molar-refractivity contribution in [2.75, 3.05) is 0 Å². The number of hydrogen-bond donors (Lipinski definition) is 7. The molecule has 0 saturated carbocycles. The zero-order valence-corrected chi connectivity index (χ0v) is 16.9. The maximum Gasteiger partial charge on any atom is 0.326 e. The Morgan fingerprint density at radius 3 is 1.63 bits per heavy atom. The molecule has 3 amide bonds. The van der Waals surface area contributed by atoms with Gasteiger partial charge in [0.15, 0.2) is 0 Å². The molecule has 170 valence electrons. The summed E-state index contributed by atoms with van der Waals surface area (Å²) < 4.78 is 0. The maximum absolute atomic E-state index is 12.5. The van der Waals surface area contributed by atoms with Crippen LogP contribution in [0.5, 0.6) is 0 Å². The van der Waals surface area contributed by atoms with Gasteiger partial charge in [-0.1, -0.05) is 20.3 Å². The van der Waals surface area contributed by atoms with Gasteiger partial charge in [0.05, 0.1) is 18.9 Å². The van der Waals surface area contributed by atoms with E-state index in [0.29, 0.717) is 6.42 Å². The molecule has 30 heavy (non-hydrogen) atoms. The second kappa shape index (κ2) is 12.4. The lowest BCUT2D eigenvalue weighted by Crippen LogP contribution is -2.59. The first-order valence-electron chi connectivity index (χ1n) is 9.13. The number of aliphatic carboxylic acids is 3. The second-order valence-electron chi connectivity index (χ2n) is 6.82. The van der Waals surface area contributed by atoms with E-state index in [-0.39, 0.29) is 0 Å². The van der Waals surface area contributed by atoms with E-state index in [2.05, 4.69) is 10.6 Å². The summed E-state index contributed by atoms with van der Waals surface area (Å²) in [6.07, 6.45) is -1.30. The van der Waals surface area contributed by atoms with Crippen molar-refractivity contribution in [2.45, 2.75) is 64.2 Å². The molecule has 5 atom stereocenters. The van der Waals surface area contributed by atoms with E-state index < -0.39 is 78.6 Å². The predicted molar refractivity (Wildman–Crippen MR) is 101 cm³/mol. The molecule has 0 aromatic carbocycles. The van der Waals surface area contributed by atoms with Crippen LogP contribution in [0, 0.1) is 5.92 Å². The molecule has 0 spiro atoms. The number of carbonyl (C=O) groups excluding carboxylic acids is 3. The summed E-state index contributed by atoms with van der Waals surface area (Å²) in [5.41, 5.74) is 5.40. The molecule has 5 unspecified atom stereocenters. The monoisotopic (exact) mass is 432 g/mol. The molecule has 0 heterocycles. The van der Waals surface area contributed by atoms with Crippen molar-refractivity contribution < 1.29 is 44.1 Å². The summed E-state index contributed by atoms with van der Waals surface area (Å²) in [6.45, 7) is 4.59. The first-order chi connectivity index (χ1) is 13.8. The van der Waals surface area contributed by atoms with Gasteiger partial charge in [0.1, 0.15) is 18.1 Å². The SMILES string of the molecule is CCC(C)C(NC(=O)C(CC(=O)O)NC(=O)C(C)N)C(=O)NC(CC(=O)O)C(=O)O. The molecule has 0 aliphatic carbocycles. The van der Waals surface area contributed by atoms with Crippen molar-refractivity contribution >= 4 is 35.6 Å². The second-order valence-corrected chi connectivity index (χ2v) is 6.82. The van der Waals surface area contributed by atoms with Gasteiger partial charge >= 0.3 is 17.9 Å². The highest BCUT2D eigenvalue weighted by molar-refractivity contribution is 5.96. The fraction of sp³-hybridized carbons (Fsp3) is 0.647. The molecule has 0 rings (SSSR count). The van der Waals surface area contributed by atoms with Crippen LogP contribution >= 0.6 is 0 Å². The third-order valence-corrected chi connectivity index (χ3v) is 4.21. The van der Waals surface area contributed by atoms with E-state index in [9.17, 15) is 28.8 Å². The molecule has 0 aromatic heterocycles. The fourth-order valence-corrected chi connectivity index (χ4v) is 2.28. The van der Waals surface area contributed by atoms with Crippen LogP contribution in [-0.4, -0.2) is 75.1 Å². The van der Waals surface area contributed by atoms with Crippen molar-refractivity contribution in [1.29, 1.82) is 0 Å². The van der Waals surface area contributed by atoms with Crippen molar-refractivity contribution in [2.24, 2.45) is 11.7 Å². The lowest BCUT2D eigenvalue weighted by molar-refractivity contribution is -0.147. The topological polar surface area (TPSA) is 225 Å². The van der Waals surface area contributed by atoms with Crippen LogP contribution in [0.2, 0.25) is 0 Å². The summed E-state index contributed by atoms with van der Waals surface area (Å²) in [6, 6.07) is -5.59. The first-order valence-corrected chi connectivity index (χ1v) is 9.13. The Balaban J connectivity index is 5.53. The highest BCUT2D eigenvalue weighted by Crippen LogP contribution is 2.10. The molecule has 0 saturated heterocycles. The molecule has 0 fully saturated rings. The quantitative estimate of drug-likeness (QED) is 0.167. The number of rotatable bonds is 13. The molecule has 0 radical (unpaired) electrons. The number of nitrogens with two attached hydrogens (primary N) is 1. The van der Waals surface area contributed by atoms with Crippen LogP contribution in [0.25, 0.3) is 0 Å². The van der Waals surface area contributed by atoms with E-state index in [4.69, 9.17) is 21.1 Å². The van der Waals surface area contributed by atoms with Crippen LogP contribution < -0.4 is 21.7 Å². The molecule has 0 bridgehead atoms. The van der Waals surface area contributed by atoms with E-state index in [1.165, 1.54) is 6.92 Å². The fourth-order valence-electron chi connectivity index (χ4n) is 2.28. The van der Waals surface area contributed by atoms with E-state index in [1.54, 1.807) is 13.8 Å². The molecule has 0 aliphatic rings. The van der Waals surface area contributed by atoms with Gasteiger partial charge < -0.3 is 37.0 Å². The largest absolute Gasteiger partial charge is 0.481 e. The van der Waals surface area contributed by atoms with Crippen LogP contribution in [0.1, 0.15) is 40.0 Å². The number of amides is 3. The Bertz CT molecular complexity index is 680. The average Bonchev–Trinajstić information content (AvgIpc) is 2.62. The number of carbonyl (C=O) groups is 6. The summed E-state index contributed by atoms with van der Waals surface area (Å²) in [4.78, 5) is 69.9. The zero-order chi connectivity index (χ0) is 23.6. The third kappa shape index (κ3) is 9.32. The van der Waals surface area contributed by atoms with Gasteiger partial charge in [-0.3, -0.25) is 24.0 Å². The standard InChI is InChI=1S/C17H28N4O9/c1-4-7(2)13(16(28)20-10(17(29)30)6-12(24)25)21-15(27)9(5-11(22)23)19-14(26)8(3)18/h7-10,13H,4-6,18H2,1-3H3,(H,19,26)(H,20,28)(H,21,27)(H,22,23)(H,24,25)(H,29,30). The maximum atomic E-state index is 12.5.